The van der Waals surface area contributed by atoms with E-state index in [9.17, 15) is 0 Å². The minimum atomic E-state index is 0.649. The van der Waals surface area contributed by atoms with E-state index in [4.69, 9.17) is 0 Å². The zero-order valence-electron chi connectivity index (χ0n) is 7.67. The second-order valence-electron chi connectivity index (χ2n) is 3.46. The van der Waals surface area contributed by atoms with E-state index in [2.05, 4.69) is 44.2 Å². The summed E-state index contributed by atoms with van der Waals surface area (Å²) in [5.74, 6) is 0.649. The van der Waals surface area contributed by atoms with E-state index >= 15 is 0 Å². The van der Waals surface area contributed by atoms with Crippen molar-refractivity contribution in [3.8, 4) is 0 Å². The van der Waals surface area contributed by atoms with Crippen LogP contribution in [-0.2, 0) is 6.42 Å². The van der Waals surface area contributed by atoms with Gasteiger partial charge in [0.05, 0.1) is 0 Å². The first-order valence-corrected chi connectivity index (χ1v) is 4.59. The fraction of sp³-hybridized carbons (Fsp3) is 0.333. The molecule has 0 saturated carbocycles. The zero-order chi connectivity index (χ0) is 8.55. The molecule has 0 radical (unpaired) electrons. The number of hydrogen-bond donors (Lipinski definition) is 0. The second-order valence-corrected chi connectivity index (χ2v) is 3.46. The molecule has 0 amide bonds. The third-order valence-corrected chi connectivity index (χ3v) is 2.49. The van der Waals surface area contributed by atoms with E-state index in [-0.39, 0.29) is 0 Å². The number of hydrogen-bond acceptors (Lipinski definition) is 0. The molecule has 0 unspecified atom stereocenters. The normalized spacial score (nSPS) is 15.2. The van der Waals surface area contributed by atoms with Gasteiger partial charge in [-0.05, 0) is 30.0 Å². The first kappa shape index (κ1) is 7.60. The van der Waals surface area contributed by atoms with Crippen molar-refractivity contribution in [3.05, 3.63) is 47.0 Å². The van der Waals surface area contributed by atoms with Gasteiger partial charge in [0.1, 0.15) is 0 Å². The van der Waals surface area contributed by atoms with Gasteiger partial charge in [-0.3, -0.25) is 0 Å². The van der Waals surface area contributed by atoms with E-state index in [0.29, 0.717) is 5.92 Å². The van der Waals surface area contributed by atoms with E-state index in [1.165, 1.54) is 16.7 Å². The largest absolute Gasteiger partial charge is 0.0763 e. The molecule has 0 fully saturated rings. The summed E-state index contributed by atoms with van der Waals surface area (Å²) in [6, 6.07) is 6.80. The molecule has 1 aromatic rings. The predicted octanol–water partition coefficient (Wildman–Crippen LogP) is 3.21. The molecule has 62 valence electrons. The molecular weight excluding hydrogens is 144 g/mol. The van der Waals surface area contributed by atoms with E-state index in [1.54, 1.807) is 0 Å². The Morgan fingerprint density at radius 3 is 2.50 bits per heavy atom. The van der Waals surface area contributed by atoms with Crippen LogP contribution in [0.4, 0.5) is 0 Å². The highest BCUT2D eigenvalue weighted by Gasteiger charge is 2.15. The van der Waals surface area contributed by atoms with Crippen molar-refractivity contribution < 1.29 is 0 Å². The highest BCUT2D eigenvalue weighted by molar-refractivity contribution is 5.43. The molecule has 0 N–H and O–H groups in total. The molecule has 12 heavy (non-hydrogen) atoms. The summed E-state index contributed by atoms with van der Waals surface area (Å²) < 4.78 is 0. The van der Waals surface area contributed by atoms with Crippen molar-refractivity contribution in [2.24, 2.45) is 0 Å². The lowest BCUT2D eigenvalue weighted by atomic mass is 10.00. The van der Waals surface area contributed by atoms with Crippen molar-refractivity contribution in [1.82, 2.24) is 0 Å². The Bertz CT molecular complexity index is 315. The maximum absolute atomic E-state index is 2.30. The van der Waals surface area contributed by atoms with Crippen LogP contribution in [0, 0.1) is 6.92 Å². The van der Waals surface area contributed by atoms with Crippen LogP contribution < -0.4 is 0 Å². The number of aryl methyl sites for hydroxylation is 2. The molecule has 2 rings (SSSR count). The predicted molar refractivity (Wildman–Crippen MR) is 52.4 cm³/mol. The Morgan fingerprint density at radius 2 is 2.00 bits per heavy atom. The Balaban J connectivity index is 2.32. The lowest BCUT2D eigenvalue weighted by Crippen LogP contribution is -1.89. The molecule has 0 saturated heterocycles. The first-order valence-electron chi connectivity index (χ1n) is 4.59. The van der Waals surface area contributed by atoms with Gasteiger partial charge in [0.2, 0.25) is 0 Å². The third kappa shape index (κ3) is 1.29. The smallest absolute Gasteiger partial charge is 0.0202 e. The van der Waals surface area contributed by atoms with Gasteiger partial charge in [0, 0.05) is 5.92 Å². The summed E-state index contributed by atoms with van der Waals surface area (Å²) in [6.45, 7) is 4.40. The van der Waals surface area contributed by atoms with Gasteiger partial charge >= 0.3 is 0 Å². The molecule has 0 atom stereocenters. The van der Waals surface area contributed by atoms with Crippen molar-refractivity contribution in [2.45, 2.75) is 26.2 Å². The van der Waals surface area contributed by atoms with E-state index in [0.717, 1.165) is 6.42 Å². The van der Waals surface area contributed by atoms with Gasteiger partial charge in [0.15, 0.2) is 0 Å². The SMILES string of the molecule is CCc1ccc(C2C=C2)c(C)c1. The number of allylic oxidation sites excluding steroid dienone is 2. The summed E-state index contributed by atoms with van der Waals surface area (Å²) in [7, 11) is 0. The average molecular weight is 158 g/mol. The molecule has 1 aromatic carbocycles. The number of rotatable bonds is 2. The Kier molecular flexibility index (Phi) is 1.76. The Labute approximate surface area is 73.9 Å². The molecule has 0 bridgehead atoms. The van der Waals surface area contributed by atoms with Gasteiger partial charge in [-0.2, -0.15) is 0 Å². The zero-order valence-corrected chi connectivity index (χ0v) is 7.67. The second kappa shape index (κ2) is 2.78. The third-order valence-electron chi connectivity index (χ3n) is 2.49. The van der Waals surface area contributed by atoms with Crippen LogP contribution in [0.15, 0.2) is 30.4 Å². The van der Waals surface area contributed by atoms with Crippen molar-refractivity contribution in [1.29, 1.82) is 0 Å². The van der Waals surface area contributed by atoms with E-state index in [1.807, 2.05) is 0 Å². The molecular formula is C12H14. The van der Waals surface area contributed by atoms with E-state index < -0.39 is 0 Å². The minimum Gasteiger partial charge on any atom is -0.0763 e. The van der Waals surface area contributed by atoms with Crippen LogP contribution in [0.5, 0.6) is 0 Å². The molecule has 0 heterocycles. The van der Waals surface area contributed by atoms with Crippen LogP contribution in [0.1, 0.15) is 29.5 Å². The number of benzene rings is 1. The van der Waals surface area contributed by atoms with Gasteiger partial charge in [-0.25, -0.2) is 0 Å². The summed E-state index contributed by atoms with van der Waals surface area (Å²) >= 11 is 0. The van der Waals surface area contributed by atoms with Crippen molar-refractivity contribution >= 4 is 0 Å². The molecule has 0 aromatic heterocycles. The van der Waals surface area contributed by atoms with Crippen LogP contribution in [0.3, 0.4) is 0 Å². The summed E-state index contributed by atoms with van der Waals surface area (Å²) in [5, 5.41) is 0. The highest BCUT2D eigenvalue weighted by Crippen LogP contribution is 2.32. The summed E-state index contributed by atoms with van der Waals surface area (Å²) in [4.78, 5) is 0. The quantitative estimate of drug-likeness (QED) is 0.580. The maximum atomic E-state index is 2.30. The molecule has 0 spiro atoms. The van der Waals surface area contributed by atoms with Crippen LogP contribution in [0.25, 0.3) is 0 Å². The average Bonchev–Trinajstić information content (AvgIpc) is 2.87. The van der Waals surface area contributed by atoms with Crippen molar-refractivity contribution in [3.63, 3.8) is 0 Å². The van der Waals surface area contributed by atoms with Crippen LogP contribution in [0.2, 0.25) is 0 Å². The minimum absolute atomic E-state index is 0.649. The fourth-order valence-electron chi connectivity index (χ4n) is 1.59. The fourth-order valence-corrected chi connectivity index (χ4v) is 1.59. The molecule has 1 aliphatic carbocycles. The highest BCUT2D eigenvalue weighted by atomic mass is 14.2. The van der Waals surface area contributed by atoms with Gasteiger partial charge in [0.25, 0.3) is 0 Å². The lowest BCUT2D eigenvalue weighted by molar-refractivity contribution is 1.10. The monoisotopic (exact) mass is 158 g/mol. The molecule has 0 nitrogen and oxygen atoms in total. The lowest BCUT2D eigenvalue weighted by Gasteiger charge is -2.05. The van der Waals surface area contributed by atoms with Crippen LogP contribution in [-0.4, -0.2) is 0 Å². The van der Waals surface area contributed by atoms with Crippen molar-refractivity contribution in [2.75, 3.05) is 0 Å². The topological polar surface area (TPSA) is 0 Å². The van der Waals surface area contributed by atoms with Gasteiger partial charge < -0.3 is 0 Å². The molecule has 0 heteroatoms. The Morgan fingerprint density at radius 1 is 1.25 bits per heavy atom. The van der Waals surface area contributed by atoms with Crippen LogP contribution >= 0.6 is 0 Å². The van der Waals surface area contributed by atoms with Gasteiger partial charge in [-0.15, -0.1) is 0 Å². The summed E-state index contributed by atoms with van der Waals surface area (Å²) in [5.41, 5.74) is 4.36. The standard InChI is InChI=1S/C12H14/c1-3-10-4-7-12(9(2)8-10)11-5-6-11/h4-8,11H,3H2,1-2H3. The first-order chi connectivity index (χ1) is 5.81. The maximum Gasteiger partial charge on any atom is 0.0202 e. The molecule has 1 aliphatic rings. The summed E-state index contributed by atoms with van der Waals surface area (Å²) in [6.07, 6.45) is 5.63. The Hall–Kier alpha value is -1.04. The molecule has 0 aliphatic heterocycles. The van der Waals surface area contributed by atoms with Gasteiger partial charge in [-0.1, -0.05) is 37.3 Å².